The summed E-state index contributed by atoms with van der Waals surface area (Å²) >= 11 is 0. The van der Waals surface area contributed by atoms with Gasteiger partial charge in [0.1, 0.15) is 11.5 Å². The molecule has 1 aromatic rings. The first-order valence-electron chi connectivity index (χ1n) is 5.30. The molecule has 1 aromatic carbocycles. The van der Waals surface area contributed by atoms with Crippen LogP contribution in [-0.2, 0) is 9.59 Å². The molecule has 0 aliphatic rings. The Kier molecular flexibility index (Phi) is 4.82. The number of benzene rings is 1. The van der Waals surface area contributed by atoms with Crippen LogP contribution in [0.3, 0.4) is 0 Å². The predicted octanol–water partition coefficient (Wildman–Crippen LogP) is 0.529. The lowest BCUT2D eigenvalue weighted by atomic mass is 10.1. The fraction of sp³-hybridized carbons (Fsp3) is 0.333. The lowest BCUT2D eigenvalue weighted by Gasteiger charge is -2.12. The van der Waals surface area contributed by atoms with Crippen LogP contribution in [0.15, 0.2) is 18.2 Å². The van der Waals surface area contributed by atoms with Crippen LogP contribution in [0.1, 0.15) is 25.5 Å². The Morgan fingerprint density at radius 1 is 1.17 bits per heavy atom. The average Bonchev–Trinajstić information content (AvgIpc) is 2.25. The molecule has 0 aromatic heterocycles. The van der Waals surface area contributed by atoms with E-state index in [0.717, 1.165) is 0 Å². The number of aliphatic hydroxyl groups excluding tert-OH is 1. The number of rotatable bonds is 4. The molecule has 1 atom stereocenters. The standard InChI is InChI=1S/C12H15NO5/c1-7(15)17-10-3-9(12(13)6-14)4-11(5-10)18-8(2)16/h3-5,12,14H,6,13H2,1-2H3/t12-/m1/s1. The first-order chi connectivity index (χ1) is 8.42. The molecule has 0 unspecified atom stereocenters. The summed E-state index contributed by atoms with van der Waals surface area (Å²) in [5.74, 6) is -0.586. The molecule has 0 spiro atoms. The van der Waals surface area contributed by atoms with Gasteiger partial charge in [-0.25, -0.2) is 0 Å². The van der Waals surface area contributed by atoms with Gasteiger partial charge in [-0.3, -0.25) is 9.59 Å². The van der Waals surface area contributed by atoms with Crippen LogP contribution in [0.4, 0.5) is 0 Å². The van der Waals surface area contributed by atoms with Crippen molar-refractivity contribution in [1.82, 2.24) is 0 Å². The van der Waals surface area contributed by atoms with E-state index in [0.29, 0.717) is 5.56 Å². The number of ether oxygens (including phenoxy) is 2. The Morgan fingerprint density at radius 2 is 1.61 bits per heavy atom. The maximum Gasteiger partial charge on any atom is 0.308 e. The number of esters is 2. The van der Waals surface area contributed by atoms with E-state index >= 15 is 0 Å². The number of nitrogens with two attached hydrogens (primary N) is 1. The normalized spacial score (nSPS) is 11.8. The van der Waals surface area contributed by atoms with E-state index in [4.69, 9.17) is 20.3 Å². The van der Waals surface area contributed by atoms with Gasteiger partial charge in [0.05, 0.1) is 12.6 Å². The zero-order valence-electron chi connectivity index (χ0n) is 10.2. The highest BCUT2D eigenvalue weighted by Crippen LogP contribution is 2.26. The van der Waals surface area contributed by atoms with E-state index in [9.17, 15) is 9.59 Å². The van der Waals surface area contributed by atoms with Gasteiger partial charge in [0, 0.05) is 19.9 Å². The van der Waals surface area contributed by atoms with Crippen molar-refractivity contribution in [2.45, 2.75) is 19.9 Å². The van der Waals surface area contributed by atoms with Crippen molar-refractivity contribution in [3.05, 3.63) is 23.8 Å². The maximum atomic E-state index is 10.9. The molecule has 0 heterocycles. The lowest BCUT2D eigenvalue weighted by Crippen LogP contribution is -2.15. The predicted molar refractivity (Wildman–Crippen MR) is 63.1 cm³/mol. The second-order valence-electron chi connectivity index (χ2n) is 3.71. The first kappa shape index (κ1) is 14.1. The Hall–Kier alpha value is -1.92. The summed E-state index contributed by atoms with van der Waals surface area (Å²) in [4.78, 5) is 21.8. The van der Waals surface area contributed by atoms with Crippen molar-refractivity contribution in [2.75, 3.05) is 6.61 Å². The molecular weight excluding hydrogens is 238 g/mol. The molecule has 6 nitrogen and oxygen atoms in total. The highest BCUT2D eigenvalue weighted by Gasteiger charge is 2.11. The minimum absolute atomic E-state index is 0.208. The molecule has 0 radical (unpaired) electrons. The summed E-state index contributed by atoms with van der Waals surface area (Å²) < 4.78 is 9.81. The maximum absolute atomic E-state index is 10.9. The van der Waals surface area contributed by atoms with Gasteiger partial charge in [0.25, 0.3) is 0 Å². The molecule has 0 aliphatic heterocycles. The second-order valence-corrected chi connectivity index (χ2v) is 3.71. The molecule has 1 rings (SSSR count). The number of hydrogen-bond acceptors (Lipinski definition) is 6. The van der Waals surface area contributed by atoms with Crippen molar-refractivity contribution >= 4 is 11.9 Å². The smallest absolute Gasteiger partial charge is 0.308 e. The highest BCUT2D eigenvalue weighted by atomic mass is 16.5. The summed E-state index contributed by atoms with van der Waals surface area (Å²) in [6, 6.07) is 3.77. The zero-order valence-corrected chi connectivity index (χ0v) is 10.2. The molecule has 0 aliphatic carbocycles. The van der Waals surface area contributed by atoms with Gasteiger partial charge in [-0.05, 0) is 17.7 Å². The molecule has 0 fully saturated rings. The van der Waals surface area contributed by atoms with Gasteiger partial charge < -0.3 is 20.3 Å². The van der Waals surface area contributed by atoms with Gasteiger partial charge in [-0.1, -0.05) is 0 Å². The Bertz CT molecular complexity index is 424. The SMILES string of the molecule is CC(=O)Oc1cc(OC(C)=O)cc([C@H](N)CO)c1. The molecule has 0 bridgehead atoms. The van der Waals surface area contributed by atoms with E-state index in [-0.39, 0.29) is 18.1 Å². The van der Waals surface area contributed by atoms with Crippen LogP contribution >= 0.6 is 0 Å². The van der Waals surface area contributed by atoms with Crippen molar-refractivity contribution in [1.29, 1.82) is 0 Å². The van der Waals surface area contributed by atoms with Crippen LogP contribution in [0.25, 0.3) is 0 Å². The van der Waals surface area contributed by atoms with Crippen molar-refractivity contribution in [3.63, 3.8) is 0 Å². The third-order valence-electron chi connectivity index (χ3n) is 2.05. The van der Waals surface area contributed by atoms with Crippen LogP contribution in [-0.4, -0.2) is 23.7 Å². The van der Waals surface area contributed by atoms with Gasteiger partial charge in [-0.15, -0.1) is 0 Å². The number of hydrogen-bond donors (Lipinski definition) is 2. The highest BCUT2D eigenvalue weighted by molar-refractivity contribution is 5.71. The second kappa shape index (κ2) is 6.13. The fourth-order valence-electron chi connectivity index (χ4n) is 1.36. The zero-order chi connectivity index (χ0) is 13.7. The minimum Gasteiger partial charge on any atom is -0.427 e. The van der Waals surface area contributed by atoms with Crippen molar-refractivity contribution < 1.29 is 24.2 Å². The number of carbonyl (C=O) groups is 2. The van der Waals surface area contributed by atoms with Crippen LogP contribution in [0, 0.1) is 0 Å². The Morgan fingerprint density at radius 3 is 1.94 bits per heavy atom. The van der Waals surface area contributed by atoms with E-state index < -0.39 is 18.0 Å². The van der Waals surface area contributed by atoms with Crippen LogP contribution in [0.5, 0.6) is 11.5 Å². The third kappa shape index (κ3) is 4.15. The summed E-state index contributed by atoms with van der Waals surface area (Å²) in [7, 11) is 0. The van der Waals surface area contributed by atoms with Crippen LogP contribution in [0.2, 0.25) is 0 Å². The monoisotopic (exact) mass is 253 g/mol. The third-order valence-corrected chi connectivity index (χ3v) is 2.05. The average molecular weight is 253 g/mol. The molecular formula is C12H15NO5. The van der Waals surface area contributed by atoms with Crippen molar-refractivity contribution in [3.8, 4) is 11.5 Å². The number of carbonyl (C=O) groups excluding carboxylic acids is 2. The summed E-state index contributed by atoms with van der Waals surface area (Å²) in [5, 5.41) is 8.99. The molecule has 0 amide bonds. The van der Waals surface area contributed by atoms with Crippen LogP contribution < -0.4 is 15.2 Å². The molecule has 98 valence electrons. The summed E-state index contributed by atoms with van der Waals surface area (Å²) in [6.07, 6.45) is 0. The van der Waals surface area contributed by atoms with Gasteiger partial charge in [-0.2, -0.15) is 0 Å². The van der Waals surface area contributed by atoms with E-state index in [1.54, 1.807) is 0 Å². The molecule has 18 heavy (non-hydrogen) atoms. The largest absolute Gasteiger partial charge is 0.427 e. The Balaban J connectivity index is 3.10. The van der Waals surface area contributed by atoms with Crippen molar-refractivity contribution in [2.24, 2.45) is 5.73 Å². The number of aliphatic hydroxyl groups is 1. The van der Waals surface area contributed by atoms with Gasteiger partial charge in [0.15, 0.2) is 0 Å². The summed E-state index contributed by atoms with van der Waals surface area (Å²) in [5.41, 5.74) is 6.17. The molecule has 0 saturated heterocycles. The lowest BCUT2D eigenvalue weighted by molar-refractivity contribution is -0.132. The Labute approximate surface area is 104 Å². The van der Waals surface area contributed by atoms with E-state index in [1.807, 2.05) is 0 Å². The molecule has 6 heteroatoms. The summed E-state index contributed by atoms with van der Waals surface area (Å²) in [6.45, 7) is 2.23. The van der Waals surface area contributed by atoms with Gasteiger partial charge >= 0.3 is 11.9 Å². The first-order valence-corrected chi connectivity index (χ1v) is 5.30. The quantitative estimate of drug-likeness (QED) is 0.600. The van der Waals surface area contributed by atoms with E-state index in [2.05, 4.69) is 0 Å². The van der Waals surface area contributed by atoms with E-state index in [1.165, 1.54) is 32.0 Å². The molecule has 3 N–H and O–H groups in total. The molecule has 0 saturated carbocycles. The topological polar surface area (TPSA) is 98.9 Å². The van der Waals surface area contributed by atoms with Gasteiger partial charge in [0.2, 0.25) is 0 Å². The fourth-order valence-corrected chi connectivity index (χ4v) is 1.36. The minimum atomic E-state index is -0.644.